The molecule has 0 aliphatic heterocycles. The van der Waals surface area contributed by atoms with Gasteiger partial charge in [0.2, 0.25) is 0 Å². The number of ether oxygens (including phenoxy) is 1. The van der Waals surface area contributed by atoms with Crippen molar-refractivity contribution in [3.63, 3.8) is 0 Å². The average molecular weight is 272 g/mol. The van der Waals surface area contributed by atoms with Gasteiger partial charge in [0.05, 0.1) is 5.56 Å². The van der Waals surface area contributed by atoms with Gasteiger partial charge in [-0.05, 0) is 36.5 Å². The summed E-state index contributed by atoms with van der Waals surface area (Å²) >= 11 is 0. The number of rotatable bonds is 5. The second-order valence-electron chi connectivity index (χ2n) is 5.25. The molecule has 2 nitrogen and oxygen atoms in total. The predicted molar refractivity (Wildman–Crippen MR) is 82.5 cm³/mol. The standard InChI is InChI=1S/C18H24O2/c1-5-7-8-17(13-14(3)4)20-18(19)16-11-9-15(6-2)10-12-16/h9-12,14,17H,5-6,13H2,1-4H3. The Kier molecular flexibility index (Phi) is 6.87. The molecule has 0 saturated carbocycles. The lowest BCUT2D eigenvalue weighted by Gasteiger charge is -2.14. The van der Waals surface area contributed by atoms with Gasteiger partial charge in [0.15, 0.2) is 6.10 Å². The van der Waals surface area contributed by atoms with Crippen molar-refractivity contribution in [3.8, 4) is 11.8 Å². The summed E-state index contributed by atoms with van der Waals surface area (Å²) in [6.45, 7) is 8.28. The molecule has 1 rings (SSSR count). The smallest absolute Gasteiger partial charge is 0.339 e. The van der Waals surface area contributed by atoms with Crippen molar-refractivity contribution in [1.29, 1.82) is 0 Å². The number of hydrogen-bond acceptors (Lipinski definition) is 2. The second kappa shape index (κ2) is 8.43. The summed E-state index contributed by atoms with van der Waals surface area (Å²) in [6, 6.07) is 7.57. The molecule has 2 heteroatoms. The van der Waals surface area contributed by atoms with E-state index in [4.69, 9.17) is 4.74 Å². The maximum atomic E-state index is 12.1. The van der Waals surface area contributed by atoms with Crippen molar-refractivity contribution in [1.82, 2.24) is 0 Å². The highest BCUT2D eigenvalue weighted by Gasteiger charge is 2.15. The zero-order valence-electron chi connectivity index (χ0n) is 12.9. The van der Waals surface area contributed by atoms with Crippen molar-refractivity contribution in [2.75, 3.05) is 0 Å². The van der Waals surface area contributed by atoms with Gasteiger partial charge in [0.1, 0.15) is 0 Å². The van der Waals surface area contributed by atoms with E-state index < -0.39 is 0 Å². The molecule has 1 atom stereocenters. The van der Waals surface area contributed by atoms with Crippen LogP contribution in [0.25, 0.3) is 0 Å². The fourth-order valence-electron chi connectivity index (χ4n) is 1.85. The van der Waals surface area contributed by atoms with Crippen LogP contribution in [-0.4, -0.2) is 12.1 Å². The van der Waals surface area contributed by atoms with Crippen molar-refractivity contribution in [2.24, 2.45) is 5.92 Å². The van der Waals surface area contributed by atoms with E-state index >= 15 is 0 Å². The third kappa shape index (κ3) is 5.48. The van der Waals surface area contributed by atoms with Crippen LogP contribution in [0.2, 0.25) is 0 Å². The van der Waals surface area contributed by atoms with E-state index in [0.29, 0.717) is 11.5 Å². The van der Waals surface area contributed by atoms with Gasteiger partial charge in [0, 0.05) is 6.42 Å². The van der Waals surface area contributed by atoms with Gasteiger partial charge in [-0.3, -0.25) is 0 Å². The van der Waals surface area contributed by atoms with E-state index in [-0.39, 0.29) is 12.1 Å². The van der Waals surface area contributed by atoms with E-state index in [1.54, 1.807) is 0 Å². The molecule has 0 aliphatic rings. The molecule has 0 bridgehead atoms. The van der Waals surface area contributed by atoms with Gasteiger partial charge >= 0.3 is 5.97 Å². The molecule has 1 unspecified atom stereocenters. The highest BCUT2D eigenvalue weighted by atomic mass is 16.5. The molecule has 20 heavy (non-hydrogen) atoms. The van der Waals surface area contributed by atoms with Gasteiger partial charge in [-0.25, -0.2) is 4.79 Å². The zero-order chi connectivity index (χ0) is 15.0. The Morgan fingerprint density at radius 3 is 2.35 bits per heavy atom. The summed E-state index contributed by atoms with van der Waals surface area (Å²) in [4.78, 5) is 12.1. The summed E-state index contributed by atoms with van der Waals surface area (Å²) < 4.78 is 5.51. The minimum atomic E-state index is -0.312. The molecule has 0 amide bonds. The summed E-state index contributed by atoms with van der Waals surface area (Å²) in [6.07, 6.45) is 2.20. The Hall–Kier alpha value is -1.75. The maximum absolute atomic E-state index is 12.1. The Morgan fingerprint density at radius 1 is 1.20 bits per heavy atom. The van der Waals surface area contributed by atoms with Crippen molar-refractivity contribution >= 4 is 5.97 Å². The normalized spacial score (nSPS) is 11.7. The fourth-order valence-corrected chi connectivity index (χ4v) is 1.85. The summed E-state index contributed by atoms with van der Waals surface area (Å²) in [5, 5.41) is 0. The number of aryl methyl sites for hydroxylation is 1. The van der Waals surface area contributed by atoms with Gasteiger partial charge in [-0.1, -0.05) is 51.7 Å². The number of carbonyl (C=O) groups is 1. The highest BCUT2D eigenvalue weighted by molar-refractivity contribution is 5.89. The first-order chi connectivity index (χ1) is 9.56. The second-order valence-corrected chi connectivity index (χ2v) is 5.25. The summed E-state index contributed by atoms with van der Waals surface area (Å²) in [5.74, 6) is 6.19. The Balaban J connectivity index is 2.73. The van der Waals surface area contributed by atoms with Crippen LogP contribution in [0, 0.1) is 17.8 Å². The minimum absolute atomic E-state index is 0.288. The number of hydrogen-bond donors (Lipinski definition) is 0. The van der Waals surface area contributed by atoms with Crippen LogP contribution < -0.4 is 0 Å². The molecule has 1 aromatic carbocycles. The molecule has 0 radical (unpaired) electrons. The van der Waals surface area contributed by atoms with E-state index in [1.165, 1.54) is 5.56 Å². The number of carbonyl (C=O) groups excluding carboxylic acids is 1. The van der Waals surface area contributed by atoms with Crippen LogP contribution in [0.1, 0.15) is 56.5 Å². The molecule has 0 saturated heterocycles. The lowest BCUT2D eigenvalue weighted by molar-refractivity contribution is 0.0377. The van der Waals surface area contributed by atoms with Crippen LogP contribution in [0.15, 0.2) is 24.3 Å². The molecule has 0 fully saturated rings. The van der Waals surface area contributed by atoms with Gasteiger partial charge in [-0.15, -0.1) is 0 Å². The van der Waals surface area contributed by atoms with Gasteiger partial charge in [-0.2, -0.15) is 0 Å². The predicted octanol–water partition coefficient (Wildman–Crippen LogP) is 4.23. The Morgan fingerprint density at radius 2 is 1.85 bits per heavy atom. The molecule has 0 heterocycles. The van der Waals surface area contributed by atoms with Gasteiger partial charge < -0.3 is 4.74 Å². The first kappa shape index (κ1) is 16.3. The van der Waals surface area contributed by atoms with Crippen LogP contribution >= 0.6 is 0 Å². The average Bonchev–Trinajstić information content (AvgIpc) is 2.44. The number of esters is 1. The zero-order valence-corrected chi connectivity index (χ0v) is 12.9. The molecule has 0 aromatic heterocycles. The first-order valence-electron chi connectivity index (χ1n) is 7.35. The first-order valence-corrected chi connectivity index (χ1v) is 7.35. The topological polar surface area (TPSA) is 26.3 Å². The van der Waals surface area contributed by atoms with Crippen molar-refractivity contribution < 1.29 is 9.53 Å². The van der Waals surface area contributed by atoms with Crippen LogP contribution in [0.3, 0.4) is 0 Å². The van der Waals surface area contributed by atoms with Gasteiger partial charge in [0.25, 0.3) is 0 Å². The quantitative estimate of drug-likeness (QED) is 0.592. The molecule has 108 valence electrons. The maximum Gasteiger partial charge on any atom is 0.339 e. The monoisotopic (exact) mass is 272 g/mol. The third-order valence-electron chi connectivity index (χ3n) is 2.97. The fraction of sp³-hybridized carbons (Fsp3) is 0.500. The van der Waals surface area contributed by atoms with Crippen molar-refractivity contribution in [3.05, 3.63) is 35.4 Å². The van der Waals surface area contributed by atoms with Crippen LogP contribution in [0.5, 0.6) is 0 Å². The van der Waals surface area contributed by atoms with Crippen LogP contribution in [0.4, 0.5) is 0 Å². The molecule has 0 spiro atoms. The molecule has 0 aliphatic carbocycles. The minimum Gasteiger partial charge on any atom is -0.446 e. The van der Waals surface area contributed by atoms with E-state index in [0.717, 1.165) is 19.3 Å². The lowest BCUT2D eigenvalue weighted by Crippen LogP contribution is -2.18. The van der Waals surface area contributed by atoms with Crippen molar-refractivity contribution in [2.45, 2.75) is 53.1 Å². The molecule has 0 N–H and O–H groups in total. The summed E-state index contributed by atoms with van der Waals surface area (Å²) in [7, 11) is 0. The Labute approximate surface area is 122 Å². The van der Waals surface area contributed by atoms with E-state index in [9.17, 15) is 4.79 Å². The van der Waals surface area contributed by atoms with E-state index in [2.05, 4.69) is 32.6 Å². The van der Waals surface area contributed by atoms with Crippen LogP contribution in [-0.2, 0) is 11.2 Å². The lowest BCUT2D eigenvalue weighted by atomic mass is 10.1. The highest BCUT2D eigenvalue weighted by Crippen LogP contribution is 2.12. The largest absolute Gasteiger partial charge is 0.446 e. The number of benzene rings is 1. The Bertz CT molecular complexity index is 474. The molecular weight excluding hydrogens is 248 g/mol. The molecular formula is C18H24O2. The van der Waals surface area contributed by atoms with E-state index in [1.807, 2.05) is 31.2 Å². The molecule has 1 aromatic rings. The summed E-state index contributed by atoms with van der Waals surface area (Å²) in [5.41, 5.74) is 1.81. The SMILES string of the molecule is CCC#CC(CC(C)C)OC(=O)c1ccc(CC)cc1. The third-order valence-corrected chi connectivity index (χ3v) is 2.97.